The molecule has 9 rings (SSSR count). The fraction of sp³-hybridized carbons (Fsp3) is 0.216. The molecule has 1 aliphatic rings. The van der Waals surface area contributed by atoms with Gasteiger partial charge in [-0.05, 0) is 87.1 Å². The van der Waals surface area contributed by atoms with Gasteiger partial charge in [0.25, 0.3) is 0 Å². The van der Waals surface area contributed by atoms with Gasteiger partial charge < -0.3 is 33.9 Å². The maximum atomic E-state index is 15.1. The Kier molecular flexibility index (Phi) is 15.7. The van der Waals surface area contributed by atoms with Crippen molar-refractivity contribution in [3.63, 3.8) is 0 Å². The molecule has 0 aromatic heterocycles. The molecule has 8 aromatic rings. The summed E-state index contributed by atoms with van der Waals surface area (Å²) in [4.78, 5) is 0. The van der Waals surface area contributed by atoms with Crippen LogP contribution in [0.25, 0.3) is 65.3 Å². The second-order valence-corrected chi connectivity index (χ2v) is 14.1. The molecule has 11 heteroatoms. The molecule has 0 bridgehead atoms. The number of benzene rings is 8. The predicted octanol–water partition coefficient (Wildman–Crippen LogP) is 13.7. The first-order valence-electron chi connectivity index (χ1n) is 19.2. The van der Waals surface area contributed by atoms with Crippen LogP contribution < -0.4 is 9.47 Å². The van der Waals surface area contributed by atoms with Gasteiger partial charge in [0.05, 0.1) is 6.10 Å². The van der Waals surface area contributed by atoms with Crippen LogP contribution in [0.2, 0.25) is 0 Å². The summed E-state index contributed by atoms with van der Waals surface area (Å²) in [5, 5.41) is 25.5. The third-order valence-electron chi connectivity index (χ3n) is 10.2. The van der Waals surface area contributed by atoms with Gasteiger partial charge in [-0.3, -0.25) is 0 Å². The molecule has 1 aliphatic heterocycles. The molecule has 0 radical (unpaired) electrons. The van der Waals surface area contributed by atoms with Gasteiger partial charge in [-0.25, -0.2) is 17.6 Å². The summed E-state index contributed by atoms with van der Waals surface area (Å²) in [6.07, 6.45) is 3.08. The molecule has 324 valence electrons. The van der Waals surface area contributed by atoms with E-state index in [1.54, 1.807) is 60.7 Å². The van der Waals surface area contributed by atoms with E-state index in [-0.39, 0.29) is 51.1 Å². The number of fused-ring (bicyclic) bond motifs is 4. The lowest BCUT2D eigenvalue weighted by Gasteiger charge is -2.20. The minimum absolute atomic E-state index is 0. The molecule has 8 aromatic carbocycles. The molecular weight excluding hydrogens is 801 g/mol. The van der Waals surface area contributed by atoms with Crippen LogP contribution in [-0.2, 0) is 14.2 Å². The number of aromatic hydroxyl groups is 2. The van der Waals surface area contributed by atoms with Crippen molar-refractivity contribution >= 4 is 43.1 Å². The third kappa shape index (κ3) is 9.55. The molecule has 0 spiro atoms. The zero-order valence-electron chi connectivity index (χ0n) is 33.1. The number of methoxy groups -OCH3 is 2. The standard InChI is InChI=1S/C24H20F2O4.C20H12F2O2.C5H10O.2CH4/c1-27-13-29-23-19(25)11-15-7-3-5-9-17(15)21(23)22-18-10-6-4-8-16(18)12-20(26)24(22)30-14-28-2;21-15-9-11-5-1-3-7-13(11)17(19(15)23)18-14-8-4-2-6-12(14)10-16(22)20(18)24;1-5-3-2-4-6-5;;/h3-12H,13-14H2,1-2H3;1-10,23-24H;5H,2-4H2,1H3;2*1H4. The SMILES string of the molecule is C.C.CC1CCCO1.COCOc1c(F)cc2ccccc2c1-c1c(OCOC)c(F)cc2ccccc12.Oc1c(F)cc2ccccc2c1-c1c(O)c(F)cc2ccccc12. The number of hydrogen-bond donors (Lipinski definition) is 2. The van der Waals surface area contributed by atoms with Crippen LogP contribution >= 0.6 is 0 Å². The molecule has 0 aliphatic carbocycles. The van der Waals surface area contributed by atoms with Gasteiger partial charge in [-0.1, -0.05) is 112 Å². The Labute approximate surface area is 358 Å². The van der Waals surface area contributed by atoms with Gasteiger partial charge in [0.15, 0.2) is 59.9 Å². The van der Waals surface area contributed by atoms with Gasteiger partial charge in [0.1, 0.15) is 0 Å². The number of halogens is 4. The van der Waals surface area contributed by atoms with Crippen molar-refractivity contribution in [1.82, 2.24) is 0 Å². The minimum atomic E-state index is -0.823. The zero-order valence-corrected chi connectivity index (χ0v) is 33.1. The lowest BCUT2D eigenvalue weighted by molar-refractivity contribution is 0.0473. The first-order chi connectivity index (χ1) is 29.1. The second kappa shape index (κ2) is 20.9. The molecular formula is C51H50F4O7. The number of phenols is 2. The number of phenolic OH excluding ortho intramolecular Hbond substituents is 2. The van der Waals surface area contributed by atoms with Crippen LogP contribution in [0.4, 0.5) is 17.6 Å². The highest BCUT2D eigenvalue weighted by Gasteiger charge is 2.25. The molecule has 0 amide bonds. The average molecular weight is 851 g/mol. The number of ether oxygens (including phenoxy) is 5. The van der Waals surface area contributed by atoms with Gasteiger partial charge in [-0.2, -0.15) is 0 Å². The maximum absolute atomic E-state index is 15.1. The highest BCUT2D eigenvalue weighted by atomic mass is 19.1. The van der Waals surface area contributed by atoms with E-state index in [1.165, 1.54) is 51.3 Å². The van der Waals surface area contributed by atoms with E-state index in [0.717, 1.165) is 6.61 Å². The summed E-state index contributed by atoms with van der Waals surface area (Å²) in [7, 11) is 2.90. The maximum Gasteiger partial charge on any atom is 0.188 e. The normalized spacial score (nSPS) is 13.1. The van der Waals surface area contributed by atoms with Crippen molar-refractivity contribution < 1.29 is 51.5 Å². The van der Waals surface area contributed by atoms with Crippen LogP contribution in [0.15, 0.2) is 121 Å². The topological polar surface area (TPSA) is 86.6 Å². The Morgan fingerprint density at radius 3 is 1.13 bits per heavy atom. The van der Waals surface area contributed by atoms with Crippen molar-refractivity contribution in [3.05, 3.63) is 145 Å². The predicted molar refractivity (Wildman–Crippen MR) is 240 cm³/mol. The van der Waals surface area contributed by atoms with Crippen molar-refractivity contribution in [2.75, 3.05) is 34.4 Å². The monoisotopic (exact) mass is 850 g/mol. The molecule has 1 atom stereocenters. The van der Waals surface area contributed by atoms with Crippen molar-refractivity contribution in [2.45, 2.75) is 40.7 Å². The molecule has 0 saturated carbocycles. The van der Waals surface area contributed by atoms with Gasteiger partial charge in [0.2, 0.25) is 0 Å². The Balaban J connectivity index is 0.000000203. The Bertz CT molecular complexity index is 2620. The summed E-state index contributed by atoms with van der Waals surface area (Å²) in [5.41, 5.74) is 0.950. The first kappa shape index (κ1) is 46.7. The van der Waals surface area contributed by atoms with E-state index in [4.69, 9.17) is 23.7 Å². The fourth-order valence-electron chi connectivity index (χ4n) is 7.45. The lowest BCUT2D eigenvalue weighted by atomic mass is 9.91. The molecule has 1 saturated heterocycles. The second-order valence-electron chi connectivity index (χ2n) is 14.1. The fourth-order valence-corrected chi connectivity index (χ4v) is 7.45. The third-order valence-corrected chi connectivity index (χ3v) is 10.2. The lowest BCUT2D eigenvalue weighted by Crippen LogP contribution is -2.06. The Morgan fingerprint density at radius 2 is 0.839 bits per heavy atom. The highest BCUT2D eigenvalue weighted by molar-refractivity contribution is 6.11. The van der Waals surface area contributed by atoms with Gasteiger partial charge in [0, 0.05) is 43.1 Å². The summed E-state index contributed by atoms with van der Waals surface area (Å²) in [6, 6.07) is 33.5. The van der Waals surface area contributed by atoms with E-state index in [1.807, 2.05) is 36.4 Å². The average Bonchev–Trinajstić information content (AvgIpc) is 3.74. The smallest absolute Gasteiger partial charge is 0.188 e. The van der Waals surface area contributed by atoms with E-state index < -0.39 is 34.8 Å². The van der Waals surface area contributed by atoms with Crippen molar-refractivity contribution in [1.29, 1.82) is 0 Å². The Morgan fingerprint density at radius 1 is 0.516 bits per heavy atom. The van der Waals surface area contributed by atoms with Crippen molar-refractivity contribution in [3.8, 4) is 45.3 Å². The van der Waals surface area contributed by atoms with Crippen LogP contribution in [0.3, 0.4) is 0 Å². The number of rotatable bonds is 8. The van der Waals surface area contributed by atoms with E-state index >= 15 is 8.78 Å². The molecule has 2 N–H and O–H groups in total. The first-order valence-corrected chi connectivity index (χ1v) is 19.2. The quantitative estimate of drug-likeness (QED) is 0.116. The number of hydrogen-bond acceptors (Lipinski definition) is 7. The van der Waals surface area contributed by atoms with E-state index in [2.05, 4.69) is 6.92 Å². The molecule has 7 nitrogen and oxygen atoms in total. The van der Waals surface area contributed by atoms with Gasteiger partial charge in [-0.15, -0.1) is 0 Å². The Hall–Kier alpha value is -6.40. The highest BCUT2D eigenvalue weighted by Crippen LogP contribution is 2.49. The van der Waals surface area contributed by atoms with Gasteiger partial charge >= 0.3 is 0 Å². The largest absolute Gasteiger partial charge is 0.504 e. The summed E-state index contributed by atoms with van der Waals surface area (Å²) in [5.74, 6) is -4.09. The van der Waals surface area contributed by atoms with E-state index in [9.17, 15) is 19.0 Å². The molecule has 62 heavy (non-hydrogen) atoms. The van der Waals surface area contributed by atoms with Crippen LogP contribution in [0, 0.1) is 23.3 Å². The summed E-state index contributed by atoms with van der Waals surface area (Å²) >= 11 is 0. The van der Waals surface area contributed by atoms with Crippen molar-refractivity contribution in [2.24, 2.45) is 0 Å². The minimum Gasteiger partial charge on any atom is -0.504 e. The molecule has 1 unspecified atom stereocenters. The summed E-state index contributed by atoms with van der Waals surface area (Å²) < 4.78 is 85.1. The van der Waals surface area contributed by atoms with Crippen LogP contribution in [-0.4, -0.2) is 50.7 Å². The zero-order chi connectivity index (χ0) is 42.3. The van der Waals surface area contributed by atoms with Crippen LogP contribution in [0.1, 0.15) is 34.6 Å². The molecule has 1 fully saturated rings. The van der Waals surface area contributed by atoms with Crippen LogP contribution in [0.5, 0.6) is 23.0 Å². The molecule has 1 heterocycles. The van der Waals surface area contributed by atoms with E-state index in [0.29, 0.717) is 60.3 Å². The summed E-state index contributed by atoms with van der Waals surface area (Å²) in [6.45, 7) is 2.78.